The van der Waals surface area contributed by atoms with Gasteiger partial charge in [-0.15, -0.1) is 11.8 Å². The summed E-state index contributed by atoms with van der Waals surface area (Å²) in [5.41, 5.74) is 1.60. The molecule has 0 aromatic carbocycles. The number of hydrogen-bond donors (Lipinski definition) is 0. The molecule has 56 valence electrons. The van der Waals surface area contributed by atoms with Crippen molar-refractivity contribution in [2.75, 3.05) is 18.8 Å². The number of likely N-dealkylation sites (tertiary alicyclic amines) is 1. The maximum Gasteiger partial charge on any atom is 0.0205 e. The molecule has 1 nitrogen and oxygen atoms in total. The van der Waals surface area contributed by atoms with E-state index in [0.29, 0.717) is 0 Å². The minimum atomic E-state index is 1.31. The monoisotopic (exact) mass is 155 g/mol. The molecule has 0 radical (unpaired) electrons. The summed E-state index contributed by atoms with van der Waals surface area (Å²) in [6.07, 6.45) is 4.12. The summed E-state index contributed by atoms with van der Waals surface area (Å²) in [4.78, 5) is 2.54. The highest BCUT2D eigenvalue weighted by molar-refractivity contribution is 8.02. The van der Waals surface area contributed by atoms with E-state index in [2.05, 4.69) is 10.3 Å². The normalized spacial score (nSPS) is 25.6. The van der Waals surface area contributed by atoms with E-state index in [4.69, 9.17) is 0 Å². The van der Waals surface area contributed by atoms with Crippen LogP contribution in [-0.4, -0.2) is 23.7 Å². The fourth-order valence-corrected chi connectivity index (χ4v) is 2.52. The molecule has 0 aromatic rings. The SMILES string of the molecule is C1=C(N2CCCC2)CCS1. The molecule has 10 heavy (non-hydrogen) atoms. The lowest BCUT2D eigenvalue weighted by atomic mass is 10.3. The second-order valence-electron chi connectivity index (χ2n) is 2.92. The summed E-state index contributed by atoms with van der Waals surface area (Å²) in [5, 5.41) is 2.34. The van der Waals surface area contributed by atoms with Crippen LogP contribution in [0.2, 0.25) is 0 Å². The molecular weight excluding hydrogens is 142 g/mol. The number of thioether (sulfide) groups is 1. The zero-order valence-electron chi connectivity index (χ0n) is 6.18. The smallest absolute Gasteiger partial charge is 0.0205 e. The zero-order valence-corrected chi connectivity index (χ0v) is 6.99. The van der Waals surface area contributed by atoms with Crippen molar-refractivity contribution in [3.8, 4) is 0 Å². The molecule has 2 aliphatic heterocycles. The van der Waals surface area contributed by atoms with E-state index in [1.165, 1.54) is 38.1 Å². The molecule has 2 heterocycles. The third-order valence-electron chi connectivity index (χ3n) is 2.21. The lowest BCUT2D eigenvalue weighted by Crippen LogP contribution is -2.17. The molecule has 2 heteroatoms. The summed E-state index contributed by atoms with van der Waals surface area (Å²) in [6, 6.07) is 0. The average molecular weight is 155 g/mol. The Morgan fingerprint density at radius 3 is 2.70 bits per heavy atom. The third kappa shape index (κ3) is 1.17. The van der Waals surface area contributed by atoms with Crippen LogP contribution in [0.4, 0.5) is 0 Å². The lowest BCUT2D eigenvalue weighted by Gasteiger charge is -2.17. The number of hydrogen-bond acceptors (Lipinski definition) is 2. The molecule has 2 rings (SSSR count). The highest BCUT2D eigenvalue weighted by Gasteiger charge is 2.16. The molecule has 0 atom stereocenters. The van der Waals surface area contributed by atoms with Crippen molar-refractivity contribution >= 4 is 11.8 Å². The second kappa shape index (κ2) is 2.87. The summed E-state index contributed by atoms with van der Waals surface area (Å²) < 4.78 is 0. The van der Waals surface area contributed by atoms with E-state index in [1.807, 2.05) is 11.8 Å². The Bertz CT molecular complexity index is 147. The van der Waals surface area contributed by atoms with Gasteiger partial charge in [-0.05, 0) is 24.7 Å². The molecule has 0 bridgehead atoms. The fourth-order valence-electron chi connectivity index (χ4n) is 1.61. The van der Waals surface area contributed by atoms with E-state index in [1.54, 1.807) is 5.70 Å². The van der Waals surface area contributed by atoms with Gasteiger partial charge >= 0.3 is 0 Å². The predicted molar refractivity (Wildman–Crippen MR) is 46.0 cm³/mol. The predicted octanol–water partition coefficient (Wildman–Crippen LogP) is 2.06. The molecule has 0 aliphatic carbocycles. The van der Waals surface area contributed by atoms with Gasteiger partial charge in [0.1, 0.15) is 0 Å². The van der Waals surface area contributed by atoms with Crippen molar-refractivity contribution < 1.29 is 0 Å². The van der Waals surface area contributed by atoms with Crippen molar-refractivity contribution in [3.05, 3.63) is 11.1 Å². The molecule has 0 unspecified atom stereocenters. The summed E-state index contributed by atoms with van der Waals surface area (Å²) >= 11 is 1.97. The minimum absolute atomic E-state index is 1.31. The standard InChI is InChI=1S/C8H13NS/c1-2-5-9(4-1)8-3-6-10-7-8/h7H,1-6H2. The van der Waals surface area contributed by atoms with Crippen molar-refractivity contribution in [2.24, 2.45) is 0 Å². The molecule has 1 fully saturated rings. The van der Waals surface area contributed by atoms with Crippen molar-refractivity contribution in [1.82, 2.24) is 4.90 Å². The van der Waals surface area contributed by atoms with Crippen molar-refractivity contribution in [2.45, 2.75) is 19.3 Å². The van der Waals surface area contributed by atoms with Gasteiger partial charge in [0.05, 0.1) is 0 Å². The average Bonchev–Trinajstić information content (AvgIpc) is 2.59. The van der Waals surface area contributed by atoms with Crippen LogP contribution in [0.3, 0.4) is 0 Å². The Kier molecular flexibility index (Phi) is 1.89. The third-order valence-corrected chi connectivity index (χ3v) is 3.09. The first kappa shape index (κ1) is 6.59. The zero-order chi connectivity index (χ0) is 6.81. The first-order valence-corrected chi connectivity index (χ1v) is 5.07. The van der Waals surface area contributed by atoms with Gasteiger partial charge < -0.3 is 4.90 Å². The Morgan fingerprint density at radius 2 is 2.10 bits per heavy atom. The Balaban J connectivity index is 1.97. The molecule has 1 saturated heterocycles. The summed E-state index contributed by atoms with van der Waals surface area (Å²) in [7, 11) is 0. The quantitative estimate of drug-likeness (QED) is 0.570. The molecule has 0 spiro atoms. The van der Waals surface area contributed by atoms with E-state index < -0.39 is 0 Å². The van der Waals surface area contributed by atoms with Crippen LogP contribution in [0, 0.1) is 0 Å². The van der Waals surface area contributed by atoms with Gasteiger partial charge in [0.2, 0.25) is 0 Å². The molecular formula is C8H13NS. The van der Waals surface area contributed by atoms with Gasteiger partial charge in [0.15, 0.2) is 0 Å². The lowest BCUT2D eigenvalue weighted by molar-refractivity contribution is 0.417. The Hall–Kier alpha value is -0.110. The Labute approximate surface area is 66.5 Å². The first-order valence-electron chi connectivity index (χ1n) is 4.02. The van der Waals surface area contributed by atoms with Gasteiger partial charge in [-0.25, -0.2) is 0 Å². The molecule has 2 aliphatic rings. The van der Waals surface area contributed by atoms with E-state index >= 15 is 0 Å². The maximum atomic E-state index is 2.54. The fraction of sp³-hybridized carbons (Fsp3) is 0.750. The van der Waals surface area contributed by atoms with Gasteiger partial charge in [-0.1, -0.05) is 0 Å². The largest absolute Gasteiger partial charge is 0.374 e. The van der Waals surface area contributed by atoms with Crippen LogP contribution in [0.15, 0.2) is 11.1 Å². The summed E-state index contributed by atoms with van der Waals surface area (Å²) in [5.74, 6) is 1.31. The van der Waals surface area contributed by atoms with Crippen molar-refractivity contribution in [3.63, 3.8) is 0 Å². The van der Waals surface area contributed by atoms with Crippen LogP contribution in [0.25, 0.3) is 0 Å². The molecule has 0 aromatic heterocycles. The highest BCUT2D eigenvalue weighted by Crippen LogP contribution is 2.27. The minimum Gasteiger partial charge on any atom is -0.374 e. The molecule has 0 saturated carbocycles. The van der Waals surface area contributed by atoms with Crippen LogP contribution < -0.4 is 0 Å². The highest BCUT2D eigenvalue weighted by atomic mass is 32.2. The van der Waals surface area contributed by atoms with E-state index in [9.17, 15) is 0 Å². The van der Waals surface area contributed by atoms with Gasteiger partial charge in [0, 0.05) is 24.5 Å². The van der Waals surface area contributed by atoms with Gasteiger partial charge in [0.25, 0.3) is 0 Å². The Morgan fingerprint density at radius 1 is 1.30 bits per heavy atom. The summed E-state index contributed by atoms with van der Waals surface area (Å²) in [6.45, 7) is 2.62. The van der Waals surface area contributed by atoms with Crippen LogP contribution >= 0.6 is 11.8 Å². The first-order chi connectivity index (χ1) is 4.97. The number of rotatable bonds is 1. The van der Waals surface area contributed by atoms with E-state index in [-0.39, 0.29) is 0 Å². The maximum absolute atomic E-state index is 2.54. The second-order valence-corrected chi connectivity index (χ2v) is 3.90. The van der Waals surface area contributed by atoms with Crippen LogP contribution in [-0.2, 0) is 0 Å². The van der Waals surface area contributed by atoms with Crippen LogP contribution in [0.1, 0.15) is 19.3 Å². The molecule has 0 N–H and O–H groups in total. The van der Waals surface area contributed by atoms with Crippen LogP contribution in [0.5, 0.6) is 0 Å². The van der Waals surface area contributed by atoms with E-state index in [0.717, 1.165) is 0 Å². The van der Waals surface area contributed by atoms with Gasteiger partial charge in [-0.3, -0.25) is 0 Å². The number of nitrogens with zero attached hydrogens (tertiary/aromatic N) is 1. The topological polar surface area (TPSA) is 3.24 Å². The van der Waals surface area contributed by atoms with Gasteiger partial charge in [-0.2, -0.15) is 0 Å². The van der Waals surface area contributed by atoms with Crippen molar-refractivity contribution in [1.29, 1.82) is 0 Å². The molecule has 0 amide bonds. The number of allylic oxidation sites excluding steroid dienone is 1.